The van der Waals surface area contributed by atoms with E-state index in [0.717, 1.165) is 38.9 Å². The molecule has 5 nitrogen and oxygen atoms in total. The third-order valence-electron chi connectivity index (χ3n) is 5.98. The van der Waals surface area contributed by atoms with Crippen molar-refractivity contribution in [3.05, 3.63) is 115 Å². The van der Waals surface area contributed by atoms with Crippen molar-refractivity contribution < 1.29 is 9.53 Å². The maximum atomic E-state index is 12.6. The molecule has 0 spiro atoms. The smallest absolute Gasteiger partial charge is 0.244 e. The van der Waals surface area contributed by atoms with Crippen molar-refractivity contribution in [2.75, 3.05) is 6.61 Å². The van der Waals surface area contributed by atoms with Gasteiger partial charge in [0.05, 0.1) is 23.6 Å². The molecule has 0 fully saturated rings. The fourth-order valence-corrected chi connectivity index (χ4v) is 4.29. The maximum absolute atomic E-state index is 12.6. The van der Waals surface area contributed by atoms with Crippen LogP contribution in [0.5, 0.6) is 5.75 Å². The highest BCUT2D eigenvalue weighted by molar-refractivity contribution is 5.92. The van der Waals surface area contributed by atoms with E-state index in [1.165, 1.54) is 0 Å². The molecule has 5 heteroatoms. The Hall–Kier alpha value is -4.38. The van der Waals surface area contributed by atoms with Gasteiger partial charge in [0, 0.05) is 11.5 Å². The van der Waals surface area contributed by atoms with Crippen LogP contribution in [-0.4, -0.2) is 22.1 Å². The summed E-state index contributed by atoms with van der Waals surface area (Å²) >= 11 is 0. The van der Waals surface area contributed by atoms with Crippen molar-refractivity contribution in [3.63, 3.8) is 0 Å². The van der Waals surface area contributed by atoms with Crippen molar-refractivity contribution in [2.45, 2.75) is 19.5 Å². The van der Waals surface area contributed by atoms with Crippen LogP contribution in [0, 0.1) is 0 Å². The van der Waals surface area contributed by atoms with Gasteiger partial charge in [0.25, 0.3) is 0 Å². The van der Waals surface area contributed by atoms with Crippen LogP contribution in [0.15, 0.2) is 103 Å². The molecule has 0 saturated heterocycles. The summed E-state index contributed by atoms with van der Waals surface area (Å²) in [5, 5.41) is 5.30. The number of hydrogen-bond donors (Lipinski definition) is 1. The minimum absolute atomic E-state index is 0.160. The first-order valence-electron chi connectivity index (χ1n) is 11.8. The molecule has 0 radical (unpaired) electrons. The van der Waals surface area contributed by atoms with E-state index in [2.05, 4.69) is 28.1 Å². The number of nitrogens with one attached hydrogen (secondary N) is 1. The van der Waals surface area contributed by atoms with E-state index < -0.39 is 0 Å². The van der Waals surface area contributed by atoms with E-state index in [1.54, 1.807) is 6.08 Å². The third-order valence-corrected chi connectivity index (χ3v) is 5.98. The van der Waals surface area contributed by atoms with Gasteiger partial charge in [-0.05, 0) is 42.1 Å². The van der Waals surface area contributed by atoms with Crippen molar-refractivity contribution in [2.24, 2.45) is 0 Å². The molecule has 1 atom stereocenters. The van der Waals surface area contributed by atoms with Gasteiger partial charge in [-0.1, -0.05) is 78.9 Å². The van der Waals surface area contributed by atoms with Crippen molar-refractivity contribution in [1.82, 2.24) is 14.9 Å². The second-order valence-electron chi connectivity index (χ2n) is 8.41. The summed E-state index contributed by atoms with van der Waals surface area (Å²) < 4.78 is 8.33. The molecular weight excluding hydrogens is 434 g/mol. The van der Waals surface area contributed by atoms with Gasteiger partial charge < -0.3 is 14.6 Å². The largest absolute Gasteiger partial charge is 0.491 e. The molecule has 0 aliphatic carbocycles. The number of amides is 1. The second kappa shape index (κ2) is 10.3. The van der Waals surface area contributed by atoms with Crippen LogP contribution in [0.1, 0.15) is 24.4 Å². The summed E-state index contributed by atoms with van der Waals surface area (Å²) in [7, 11) is 0. The maximum Gasteiger partial charge on any atom is 0.244 e. The van der Waals surface area contributed by atoms with Crippen LogP contribution in [-0.2, 0) is 11.3 Å². The number of carbonyl (C=O) groups excluding carboxylic acids is 1. The second-order valence-corrected chi connectivity index (χ2v) is 8.41. The Morgan fingerprint density at radius 3 is 2.57 bits per heavy atom. The molecule has 5 rings (SSSR count). The van der Waals surface area contributed by atoms with Gasteiger partial charge in [-0.2, -0.15) is 0 Å². The average molecular weight is 462 g/mol. The number of benzene rings is 4. The van der Waals surface area contributed by atoms with Gasteiger partial charge in [0.1, 0.15) is 18.2 Å². The van der Waals surface area contributed by atoms with Gasteiger partial charge in [0.2, 0.25) is 5.91 Å². The Balaban J connectivity index is 1.33. The molecule has 174 valence electrons. The first-order valence-corrected chi connectivity index (χ1v) is 11.8. The highest BCUT2D eigenvalue weighted by atomic mass is 16.5. The minimum atomic E-state index is -0.270. The zero-order valence-electron chi connectivity index (χ0n) is 19.6. The highest BCUT2D eigenvalue weighted by Gasteiger charge is 2.18. The number of para-hydroxylation sites is 2. The van der Waals surface area contributed by atoms with E-state index in [9.17, 15) is 4.79 Å². The number of ether oxygens (including phenoxy) is 1. The van der Waals surface area contributed by atoms with E-state index in [4.69, 9.17) is 9.72 Å². The molecule has 1 amide bonds. The monoisotopic (exact) mass is 461 g/mol. The number of fused-ring (bicyclic) bond motifs is 2. The molecule has 0 bridgehead atoms. The summed E-state index contributed by atoms with van der Waals surface area (Å²) in [6, 6.07) is 31.8. The molecule has 35 heavy (non-hydrogen) atoms. The fourth-order valence-electron chi connectivity index (χ4n) is 4.29. The molecule has 1 unspecified atom stereocenters. The lowest BCUT2D eigenvalue weighted by atomic mass is 10.1. The molecule has 0 aliphatic heterocycles. The first-order chi connectivity index (χ1) is 17.2. The Kier molecular flexibility index (Phi) is 6.57. The molecule has 0 aliphatic rings. The summed E-state index contributed by atoms with van der Waals surface area (Å²) in [6.45, 7) is 3.05. The Bertz CT molecular complexity index is 1480. The number of imidazole rings is 1. The lowest BCUT2D eigenvalue weighted by molar-refractivity contribution is -0.117. The van der Waals surface area contributed by atoms with Crippen LogP contribution >= 0.6 is 0 Å². The average Bonchev–Trinajstić information content (AvgIpc) is 3.27. The molecule has 4 aromatic carbocycles. The Labute approximate surface area is 204 Å². The zero-order valence-corrected chi connectivity index (χ0v) is 19.6. The zero-order chi connectivity index (χ0) is 24.0. The van der Waals surface area contributed by atoms with Gasteiger partial charge in [-0.15, -0.1) is 0 Å². The van der Waals surface area contributed by atoms with Gasteiger partial charge >= 0.3 is 0 Å². The molecule has 0 saturated carbocycles. The lowest BCUT2D eigenvalue weighted by Gasteiger charge is -2.16. The number of rotatable bonds is 8. The van der Waals surface area contributed by atoms with Crippen LogP contribution < -0.4 is 10.1 Å². The van der Waals surface area contributed by atoms with E-state index >= 15 is 0 Å². The van der Waals surface area contributed by atoms with Crippen LogP contribution in [0.2, 0.25) is 0 Å². The van der Waals surface area contributed by atoms with Crippen molar-refractivity contribution >= 4 is 33.8 Å². The predicted molar refractivity (Wildman–Crippen MR) is 141 cm³/mol. The predicted octanol–water partition coefficient (Wildman–Crippen LogP) is 6.16. The molecule has 1 heterocycles. The minimum Gasteiger partial charge on any atom is -0.491 e. The number of nitrogens with zero attached hydrogens (tertiary/aromatic N) is 2. The van der Waals surface area contributed by atoms with Crippen LogP contribution in [0.25, 0.3) is 27.9 Å². The summed E-state index contributed by atoms with van der Waals surface area (Å²) in [5.41, 5.74) is 2.90. The van der Waals surface area contributed by atoms with Crippen molar-refractivity contribution in [3.8, 4) is 5.75 Å². The SMILES string of the molecule is CC(NC(=O)/C=C\c1ccccc1)c1nc2ccccc2n1CCOc1cccc2ccccc12. The van der Waals surface area contributed by atoms with Crippen molar-refractivity contribution in [1.29, 1.82) is 0 Å². The summed E-state index contributed by atoms with van der Waals surface area (Å²) in [5.74, 6) is 1.50. The van der Waals surface area contributed by atoms with E-state index in [1.807, 2.05) is 91.9 Å². The van der Waals surface area contributed by atoms with E-state index in [0.29, 0.717) is 13.2 Å². The Morgan fingerprint density at radius 2 is 1.69 bits per heavy atom. The van der Waals surface area contributed by atoms with Crippen LogP contribution in [0.4, 0.5) is 0 Å². The highest BCUT2D eigenvalue weighted by Crippen LogP contribution is 2.26. The topological polar surface area (TPSA) is 56.2 Å². The number of carbonyl (C=O) groups is 1. The van der Waals surface area contributed by atoms with Gasteiger partial charge in [-0.3, -0.25) is 4.79 Å². The lowest BCUT2D eigenvalue weighted by Crippen LogP contribution is -2.27. The molecule has 5 aromatic rings. The van der Waals surface area contributed by atoms with Crippen LogP contribution in [0.3, 0.4) is 0 Å². The fraction of sp³-hybridized carbons (Fsp3) is 0.133. The van der Waals surface area contributed by atoms with Gasteiger partial charge in [-0.25, -0.2) is 4.98 Å². The molecular formula is C30H27N3O2. The number of hydrogen-bond acceptors (Lipinski definition) is 3. The Morgan fingerprint density at radius 1 is 0.943 bits per heavy atom. The summed E-state index contributed by atoms with van der Waals surface area (Å²) in [4.78, 5) is 17.4. The van der Waals surface area contributed by atoms with Gasteiger partial charge in [0.15, 0.2) is 0 Å². The third kappa shape index (κ3) is 5.09. The van der Waals surface area contributed by atoms with E-state index in [-0.39, 0.29) is 11.9 Å². The summed E-state index contributed by atoms with van der Waals surface area (Å²) in [6.07, 6.45) is 3.37. The molecule has 1 N–H and O–H groups in total. The first kappa shape index (κ1) is 22.4. The normalized spacial score (nSPS) is 12.3. The number of aromatic nitrogens is 2. The standard InChI is InChI=1S/C30H27N3O2/c1-22(31-29(34)19-18-23-10-3-2-4-11-23)30-32-26-15-7-8-16-27(26)33(30)20-21-35-28-17-9-13-24-12-5-6-14-25(24)28/h2-19,22H,20-21H2,1H3,(H,31,34)/b19-18-. The quantitative estimate of drug-likeness (QED) is 0.282. The molecule has 1 aromatic heterocycles.